The molecule has 2 aliphatic rings. The Hall–Kier alpha value is -2.74. The molecule has 1 aromatic heterocycles. The van der Waals surface area contributed by atoms with Gasteiger partial charge >= 0.3 is 12.1 Å². The van der Waals surface area contributed by atoms with E-state index in [9.17, 15) is 9.59 Å². The third-order valence-corrected chi connectivity index (χ3v) is 4.64. The van der Waals surface area contributed by atoms with Crippen LogP contribution in [0.25, 0.3) is 5.70 Å². The van der Waals surface area contributed by atoms with Crippen LogP contribution < -0.4 is 5.32 Å². The van der Waals surface area contributed by atoms with Crippen LogP contribution in [-0.2, 0) is 4.74 Å². The van der Waals surface area contributed by atoms with Crippen molar-refractivity contribution in [1.29, 1.82) is 0 Å². The summed E-state index contributed by atoms with van der Waals surface area (Å²) in [6.07, 6.45) is 8.11. The van der Waals surface area contributed by atoms with Crippen molar-refractivity contribution in [2.45, 2.75) is 45.3 Å². The molecule has 0 aliphatic carbocycles. The molecule has 3 amide bonds. The Balaban J connectivity index is 1.62. The van der Waals surface area contributed by atoms with Crippen LogP contribution in [0, 0.1) is 0 Å². The molecule has 0 bridgehead atoms. The average molecular weight is 386 g/mol. The van der Waals surface area contributed by atoms with E-state index in [-0.39, 0.29) is 22.6 Å². The number of carbonyl (C=O) groups is 2. The number of hydrogen-bond acceptors (Lipinski definition) is 5. The van der Waals surface area contributed by atoms with E-state index in [1.807, 2.05) is 32.9 Å². The van der Waals surface area contributed by atoms with Crippen molar-refractivity contribution in [3.63, 3.8) is 0 Å². The number of hydrogen-bond donors (Lipinski definition) is 1. The van der Waals surface area contributed by atoms with Gasteiger partial charge in [0.2, 0.25) is 6.34 Å². The van der Waals surface area contributed by atoms with E-state index < -0.39 is 5.60 Å². The lowest BCUT2D eigenvalue weighted by molar-refractivity contribution is -0.665. The Bertz CT molecular complexity index is 800. The first-order valence-electron chi connectivity index (χ1n) is 9.50. The largest absolute Gasteiger partial charge is 0.444 e. The molecular formula is C20H28N5O3+. The van der Waals surface area contributed by atoms with Crippen LogP contribution >= 0.6 is 0 Å². The number of likely N-dealkylation sites (tertiary alicyclic amines) is 1. The summed E-state index contributed by atoms with van der Waals surface area (Å²) >= 11 is 0. The second kappa shape index (κ2) is 7.71. The molecule has 3 heterocycles. The first-order valence-corrected chi connectivity index (χ1v) is 9.50. The Morgan fingerprint density at radius 2 is 2.00 bits per heavy atom. The number of nitrogens with one attached hydrogen (secondary N) is 1. The Morgan fingerprint density at radius 1 is 1.29 bits per heavy atom. The second-order valence-corrected chi connectivity index (χ2v) is 8.36. The minimum Gasteiger partial charge on any atom is -0.444 e. The van der Waals surface area contributed by atoms with Crippen molar-refractivity contribution in [2.75, 3.05) is 20.1 Å². The molecule has 1 fully saturated rings. The van der Waals surface area contributed by atoms with Crippen molar-refractivity contribution in [2.24, 2.45) is 4.99 Å². The smallest absolute Gasteiger partial charge is 0.427 e. The first kappa shape index (κ1) is 20.0. The van der Waals surface area contributed by atoms with E-state index in [2.05, 4.69) is 15.3 Å². The van der Waals surface area contributed by atoms with Gasteiger partial charge < -0.3 is 15.0 Å². The molecule has 2 atom stereocenters. The van der Waals surface area contributed by atoms with Gasteiger partial charge in [0.05, 0.1) is 13.1 Å². The van der Waals surface area contributed by atoms with E-state index in [4.69, 9.17) is 4.74 Å². The van der Waals surface area contributed by atoms with Crippen molar-refractivity contribution in [3.05, 3.63) is 36.3 Å². The third-order valence-electron chi connectivity index (χ3n) is 4.64. The van der Waals surface area contributed by atoms with Gasteiger partial charge in [-0.2, -0.15) is 9.48 Å². The summed E-state index contributed by atoms with van der Waals surface area (Å²) in [6, 6.07) is 3.42. The van der Waals surface area contributed by atoms with Crippen molar-refractivity contribution in [3.8, 4) is 0 Å². The summed E-state index contributed by atoms with van der Waals surface area (Å²) in [5.41, 5.74) is 1.11. The molecular weight excluding hydrogens is 358 g/mol. The van der Waals surface area contributed by atoms with Crippen LogP contribution in [0.1, 0.15) is 39.2 Å². The number of amides is 3. The summed E-state index contributed by atoms with van der Waals surface area (Å²) in [5, 5.41) is 3.06. The molecule has 1 N–H and O–H groups in total. The summed E-state index contributed by atoms with van der Waals surface area (Å²) in [7, 11) is 1.78. The van der Waals surface area contributed by atoms with E-state index in [0.29, 0.717) is 13.1 Å². The van der Waals surface area contributed by atoms with Crippen LogP contribution in [0.5, 0.6) is 0 Å². The van der Waals surface area contributed by atoms with Gasteiger partial charge in [-0.1, -0.05) is 0 Å². The highest BCUT2D eigenvalue weighted by Crippen LogP contribution is 2.24. The number of carbonyl (C=O) groups excluding carboxylic acids is 2. The molecule has 0 aromatic carbocycles. The Kier molecular flexibility index (Phi) is 5.51. The minimum atomic E-state index is -0.536. The Morgan fingerprint density at radius 3 is 2.68 bits per heavy atom. The van der Waals surface area contributed by atoms with Gasteiger partial charge in [-0.15, -0.1) is 0 Å². The van der Waals surface area contributed by atoms with Crippen LogP contribution in [0.3, 0.4) is 0 Å². The second-order valence-electron chi connectivity index (χ2n) is 8.36. The molecule has 3 rings (SSSR count). The van der Waals surface area contributed by atoms with Crippen molar-refractivity contribution in [1.82, 2.24) is 15.2 Å². The van der Waals surface area contributed by atoms with Gasteiger partial charge in [0.25, 0.3) is 0 Å². The van der Waals surface area contributed by atoms with Crippen molar-refractivity contribution < 1.29 is 18.8 Å². The molecule has 0 spiro atoms. The SMILES string of the molecule is CC(C)(C)OC(=O)N1CCCC(NC(=O)[N+]2(C)C=NC(c3ccncc3)=C2)C1. The maximum Gasteiger partial charge on any atom is 0.427 e. The molecule has 1 aromatic rings. The predicted molar refractivity (Wildman–Crippen MR) is 106 cm³/mol. The van der Waals surface area contributed by atoms with Crippen LogP contribution in [0.15, 0.2) is 35.7 Å². The van der Waals surface area contributed by atoms with E-state index in [1.54, 1.807) is 36.9 Å². The lowest BCUT2D eigenvalue weighted by Gasteiger charge is -2.34. The molecule has 2 aliphatic heterocycles. The summed E-state index contributed by atoms with van der Waals surface area (Å²) in [5.74, 6) is 0. The van der Waals surface area contributed by atoms with E-state index >= 15 is 0 Å². The third kappa shape index (κ3) is 4.75. The number of ether oxygens (including phenoxy) is 1. The molecule has 0 radical (unpaired) electrons. The topological polar surface area (TPSA) is 83.9 Å². The van der Waals surface area contributed by atoms with E-state index in [0.717, 1.165) is 24.1 Å². The lowest BCUT2D eigenvalue weighted by atomic mass is 10.1. The molecule has 2 unspecified atom stereocenters. The fourth-order valence-corrected chi connectivity index (χ4v) is 3.19. The lowest BCUT2D eigenvalue weighted by Crippen LogP contribution is -2.56. The first-order chi connectivity index (χ1) is 13.2. The highest BCUT2D eigenvalue weighted by molar-refractivity contribution is 5.84. The highest BCUT2D eigenvalue weighted by atomic mass is 16.6. The Labute approximate surface area is 165 Å². The van der Waals surface area contributed by atoms with Gasteiger partial charge in [-0.05, 0) is 45.7 Å². The highest BCUT2D eigenvalue weighted by Gasteiger charge is 2.37. The number of aromatic nitrogens is 1. The number of pyridine rings is 1. The van der Waals surface area contributed by atoms with Crippen LogP contribution in [0.4, 0.5) is 9.59 Å². The van der Waals surface area contributed by atoms with Crippen molar-refractivity contribution >= 4 is 24.2 Å². The zero-order valence-corrected chi connectivity index (χ0v) is 16.9. The average Bonchev–Trinajstić information content (AvgIpc) is 3.05. The molecule has 1 saturated heterocycles. The van der Waals surface area contributed by atoms with Crippen LogP contribution in [0.2, 0.25) is 0 Å². The fourth-order valence-electron chi connectivity index (χ4n) is 3.19. The maximum atomic E-state index is 12.9. The summed E-state index contributed by atoms with van der Waals surface area (Å²) in [6.45, 7) is 6.62. The van der Waals surface area contributed by atoms with Crippen LogP contribution in [-0.4, -0.2) is 64.6 Å². The van der Waals surface area contributed by atoms with Gasteiger partial charge in [0, 0.05) is 31.0 Å². The minimum absolute atomic E-state index is 0.0689. The number of urea groups is 1. The number of piperidine rings is 1. The molecule has 28 heavy (non-hydrogen) atoms. The zero-order valence-electron chi connectivity index (χ0n) is 16.9. The quantitative estimate of drug-likeness (QED) is 0.792. The zero-order chi connectivity index (χ0) is 20.4. The number of quaternary nitrogens is 1. The van der Waals surface area contributed by atoms with Gasteiger partial charge in [-0.25, -0.2) is 9.59 Å². The molecule has 8 heteroatoms. The monoisotopic (exact) mass is 386 g/mol. The molecule has 0 saturated carbocycles. The molecule has 150 valence electrons. The van der Waals surface area contributed by atoms with Gasteiger partial charge in [0.15, 0.2) is 0 Å². The standard InChI is InChI=1S/C20H27N5O3/c1-20(2,3)28-19(27)24-11-5-6-16(12-24)23-18(26)25(4)13-17(22-14-25)15-7-9-21-10-8-15/h7-10,13-14,16H,5-6,11-12H2,1-4H3/p+1. The van der Waals surface area contributed by atoms with Gasteiger partial charge in [0.1, 0.15) is 17.5 Å². The normalized spacial score (nSPS) is 24.6. The maximum absolute atomic E-state index is 12.9. The number of nitrogens with zero attached hydrogens (tertiary/aromatic N) is 4. The summed E-state index contributed by atoms with van der Waals surface area (Å²) in [4.78, 5) is 35.3. The van der Waals surface area contributed by atoms with Gasteiger partial charge in [-0.3, -0.25) is 4.98 Å². The number of rotatable bonds is 2. The fraction of sp³-hybridized carbons (Fsp3) is 0.500. The number of aliphatic imine (C=N–C) groups is 1. The predicted octanol–water partition coefficient (Wildman–Crippen LogP) is 2.98. The van der Waals surface area contributed by atoms with E-state index in [1.165, 1.54) is 0 Å². The molecule has 8 nitrogen and oxygen atoms in total. The summed E-state index contributed by atoms with van der Waals surface area (Å²) < 4.78 is 5.38.